The Morgan fingerprint density at radius 1 is 1.00 bits per heavy atom. The minimum absolute atomic E-state index is 0.202. The van der Waals surface area contributed by atoms with E-state index in [4.69, 9.17) is 9.26 Å². The molecular weight excluding hydrogens is 368 g/mol. The van der Waals surface area contributed by atoms with Crippen LogP contribution < -0.4 is 10.3 Å². The van der Waals surface area contributed by atoms with Gasteiger partial charge in [0.25, 0.3) is 5.56 Å². The number of aryl methyl sites for hydroxylation is 2. The van der Waals surface area contributed by atoms with Gasteiger partial charge in [-0.2, -0.15) is 5.10 Å². The lowest BCUT2D eigenvalue weighted by Crippen LogP contribution is -2.23. The predicted molar refractivity (Wildman–Crippen MR) is 109 cm³/mol. The van der Waals surface area contributed by atoms with Crippen molar-refractivity contribution < 1.29 is 9.26 Å². The minimum atomic E-state index is -0.202. The number of rotatable bonds is 5. The van der Waals surface area contributed by atoms with E-state index in [1.165, 1.54) is 4.68 Å². The lowest BCUT2D eigenvalue weighted by atomic mass is 10.1. The molecule has 0 aliphatic carbocycles. The Morgan fingerprint density at radius 3 is 2.41 bits per heavy atom. The van der Waals surface area contributed by atoms with Crippen molar-refractivity contribution in [2.75, 3.05) is 7.11 Å². The van der Waals surface area contributed by atoms with Crippen molar-refractivity contribution >= 4 is 0 Å². The lowest BCUT2D eigenvalue weighted by molar-refractivity contribution is 0.397. The second-order valence-electron chi connectivity index (χ2n) is 6.72. The summed E-state index contributed by atoms with van der Waals surface area (Å²) in [7, 11) is 1.62. The third kappa shape index (κ3) is 3.80. The summed E-state index contributed by atoms with van der Waals surface area (Å²) in [5, 5.41) is 8.50. The molecule has 3 aromatic heterocycles. The fourth-order valence-electron chi connectivity index (χ4n) is 3.06. The van der Waals surface area contributed by atoms with Gasteiger partial charge in [-0.15, -0.1) is 0 Å². The molecule has 0 aliphatic rings. The van der Waals surface area contributed by atoms with Crippen LogP contribution in [0.2, 0.25) is 0 Å². The van der Waals surface area contributed by atoms with Crippen molar-refractivity contribution in [2.24, 2.45) is 0 Å². The molecule has 0 saturated carbocycles. The third-order valence-corrected chi connectivity index (χ3v) is 4.77. The Kier molecular flexibility index (Phi) is 4.95. The molecule has 7 heteroatoms. The van der Waals surface area contributed by atoms with Crippen molar-refractivity contribution in [3.8, 4) is 28.1 Å². The molecule has 0 fully saturated rings. The van der Waals surface area contributed by atoms with Gasteiger partial charge in [-0.05, 0) is 43.7 Å². The Labute approximate surface area is 167 Å². The van der Waals surface area contributed by atoms with Crippen LogP contribution in [0.5, 0.6) is 5.75 Å². The summed E-state index contributed by atoms with van der Waals surface area (Å²) < 4.78 is 11.9. The molecule has 29 heavy (non-hydrogen) atoms. The van der Waals surface area contributed by atoms with E-state index in [2.05, 4.69) is 15.2 Å². The molecule has 7 nitrogen and oxygen atoms in total. The van der Waals surface area contributed by atoms with E-state index >= 15 is 0 Å². The molecule has 0 spiro atoms. The molecule has 0 aliphatic heterocycles. The highest BCUT2D eigenvalue weighted by Crippen LogP contribution is 2.25. The topological polar surface area (TPSA) is 83.0 Å². The third-order valence-electron chi connectivity index (χ3n) is 4.77. The average Bonchev–Trinajstić information content (AvgIpc) is 3.10. The first-order valence-electron chi connectivity index (χ1n) is 9.15. The first kappa shape index (κ1) is 18.6. The number of benzene rings is 1. The summed E-state index contributed by atoms with van der Waals surface area (Å²) >= 11 is 0. The highest BCUT2D eigenvalue weighted by molar-refractivity contribution is 5.63. The molecule has 0 N–H and O–H groups in total. The molecule has 0 bridgehead atoms. The smallest absolute Gasteiger partial charge is 0.267 e. The molecule has 0 saturated heterocycles. The number of nitrogens with zero attached hydrogens (tertiary/aromatic N) is 4. The Morgan fingerprint density at radius 2 is 1.76 bits per heavy atom. The van der Waals surface area contributed by atoms with Crippen LogP contribution in [-0.2, 0) is 6.54 Å². The van der Waals surface area contributed by atoms with Gasteiger partial charge in [-0.3, -0.25) is 9.78 Å². The van der Waals surface area contributed by atoms with Gasteiger partial charge in [0.1, 0.15) is 17.2 Å². The largest absolute Gasteiger partial charge is 0.497 e. The average molecular weight is 388 g/mol. The molecular formula is C22H20N4O3. The number of methoxy groups -OCH3 is 1. The van der Waals surface area contributed by atoms with Crippen LogP contribution in [-0.4, -0.2) is 27.0 Å². The maximum absolute atomic E-state index is 12.7. The number of aromatic nitrogens is 4. The highest BCUT2D eigenvalue weighted by atomic mass is 16.5. The van der Waals surface area contributed by atoms with E-state index in [-0.39, 0.29) is 12.1 Å². The Hall–Kier alpha value is -3.74. The van der Waals surface area contributed by atoms with E-state index in [1.54, 1.807) is 25.6 Å². The zero-order valence-electron chi connectivity index (χ0n) is 16.4. The summed E-state index contributed by atoms with van der Waals surface area (Å²) in [4.78, 5) is 17.0. The highest BCUT2D eigenvalue weighted by Gasteiger charge is 2.17. The summed E-state index contributed by atoms with van der Waals surface area (Å²) in [6.45, 7) is 4.01. The maximum Gasteiger partial charge on any atom is 0.267 e. The first-order valence-corrected chi connectivity index (χ1v) is 9.15. The normalized spacial score (nSPS) is 10.9. The van der Waals surface area contributed by atoms with Gasteiger partial charge in [0.05, 0.1) is 19.9 Å². The molecule has 1 aromatic carbocycles. The van der Waals surface area contributed by atoms with Crippen LogP contribution in [0, 0.1) is 13.8 Å². The van der Waals surface area contributed by atoms with Crippen molar-refractivity contribution in [3.63, 3.8) is 0 Å². The van der Waals surface area contributed by atoms with Crippen molar-refractivity contribution in [1.29, 1.82) is 0 Å². The quantitative estimate of drug-likeness (QED) is 0.519. The molecule has 0 atom stereocenters. The van der Waals surface area contributed by atoms with Gasteiger partial charge in [-0.25, -0.2) is 4.68 Å². The van der Waals surface area contributed by atoms with Gasteiger partial charge in [0, 0.05) is 34.6 Å². The number of pyridine rings is 1. The molecule has 0 radical (unpaired) electrons. The SMILES string of the molecule is COc1ccc(-c2cnn(Cc3c(-c4ccc(C)nc4)noc3C)c(=O)c2)cc1. The van der Waals surface area contributed by atoms with Gasteiger partial charge in [0.15, 0.2) is 0 Å². The number of hydrogen-bond donors (Lipinski definition) is 0. The van der Waals surface area contributed by atoms with E-state index in [0.29, 0.717) is 11.5 Å². The number of ether oxygens (including phenoxy) is 1. The standard InChI is InChI=1S/C22H20N4O3/c1-14-4-5-17(11-23-14)22-20(15(2)29-25-22)13-26-21(27)10-18(12-24-26)16-6-8-19(28-3)9-7-16/h4-12H,13H2,1-3H3. The fourth-order valence-corrected chi connectivity index (χ4v) is 3.06. The maximum atomic E-state index is 12.7. The Balaban J connectivity index is 1.64. The molecule has 3 heterocycles. The second kappa shape index (κ2) is 7.71. The first-order chi connectivity index (χ1) is 14.0. The second-order valence-corrected chi connectivity index (χ2v) is 6.72. The molecule has 146 valence electrons. The monoisotopic (exact) mass is 388 g/mol. The molecule has 0 unspecified atom stereocenters. The summed E-state index contributed by atoms with van der Waals surface area (Å²) in [5.74, 6) is 1.41. The van der Waals surface area contributed by atoms with Crippen LogP contribution in [0.1, 0.15) is 17.0 Å². The van der Waals surface area contributed by atoms with Crippen molar-refractivity contribution in [3.05, 3.63) is 82.2 Å². The van der Waals surface area contributed by atoms with Crippen LogP contribution in [0.4, 0.5) is 0 Å². The summed E-state index contributed by atoms with van der Waals surface area (Å²) in [6, 6.07) is 12.9. The van der Waals surface area contributed by atoms with Crippen LogP contribution in [0.15, 0.2) is 64.2 Å². The molecule has 4 rings (SSSR count). The zero-order valence-corrected chi connectivity index (χ0v) is 16.4. The van der Waals surface area contributed by atoms with Gasteiger partial charge in [0.2, 0.25) is 0 Å². The van der Waals surface area contributed by atoms with Crippen LogP contribution >= 0.6 is 0 Å². The summed E-state index contributed by atoms with van der Waals surface area (Å²) in [5.41, 5.74) is 4.68. The Bertz CT molecular complexity index is 1190. The van der Waals surface area contributed by atoms with Crippen molar-refractivity contribution in [1.82, 2.24) is 19.9 Å². The van der Waals surface area contributed by atoms with E-state index < -0.39 is 0 Å². The van der Waals surface area contributed by atoms with Crippen molar-refractivity contribution in [2.45, 2.75) is 20.4 Å². The number of hydrogen-bond acceptors (Lipinski definition) is 6. The van der Waals surface area contributed by atoms with E-state index in [1.807, 2.05) is 50.2 Å². The van der Waals surface area contributed by atoms with Crippen LogP contribution in [0.3, 0.4) is 0 Å². The van der Waals surface area contributed by atoms with E-state index in [0.717, 1.165) is 33.7 Å². The van der Waals surface area contributed by atoms with Gasteiger partial charge >= 0.3 is 0 Å². The van der Waals surface area contributed by atoms with E-state index in [9.17, 15) is 4.79 Å². The minimum Gasteiger partial charge on any atom is -0.497 e. The molecule has 4 aromatic rings. The molecule has 0 amide bonds. The fraction of sp³-hybridized carbons (Fsp3) is 0.182. The predicted octanol–water partition coefficient (Wildman–Crippen LogP) is 3.63. The lowest BCUT2D eigenvalue weighted by Gasteiger charge is -2.08. The van der Waals surface area contributed by atoms with Crippen LogP contribution in [0.25, 0.3) is 22.4 Å². The zero-order chi connectivity index (χ0) is 20.4. The summed E-state index contributed by atoms with van der Waals surface area (Å²) in [6.07, 6.45) is 3.43. The van der Waals surface area contributed by atoms with Gasteiger partial charge in [-0.1, -0.05) is 17.3 Å². The van der Waals surface area contributed by atoms with Gasteiger partial charge < -0.3 is 9.26 Å².